The number of rotatable bonds is 0. The van der Waals surface area contributed by atoms with Gasteiger partial charge in [0.05, 0.1) is 10.2 Å². The van der Waals surface area contributed by atoms with Crippen LogP contribution in [0.1, 0.15) is 11.3 Å². The fourth-order valence-corrected chi connectivity index (χ4v) is 2.32. The third-order valence-electron chi connectivity index (χ3n) is 1.91. The number of hydrogen-bond donors (Lipinski definition) is 0. The van der Waals surface area contributed by atoms with Crippen LogP contribution in [0.5, 0.6) is 0 Å². The monoisotopic (exact) mass is 302 g/mol. The minimum absolute atomic E-state index is 0.954. The van der Waals surface area contributed by atoms with Crippen molar-refractivity contribution in [1.82, 2.24) is 9.38 Å². The van der Waals surface area contributed by atoms with Crippen LogP contribution in [0.4, 0.5) is 0 Å². The number of fused-ring (bicyclic) bond motifs is 1. The predicted molar refractivity (Wildman–Crippen MR) is 60.1 cm³/mol. The molecule has 13 heavy (non-hydrogen) atoms. The van der Waals surface area contributed by atoms with Crippen LogP contribution < -0.4 is 0 Å². The first kappa shape index (κ1) is 9.21. The van der Waals surface area contributed by atoms with Gasteiger partial charge in [-0.05, 0) is 57.3 Å². The molecule has 0 aliphatic rings. The molecule has 2 aromatic heterocycles. The fourth-order valence-electron chi connectivity index (χ4n) is 1.32. The summed E-state index contributed by atoms with van der Waals surface area (Å²) < 4.78 is 4.09. The Kier molecular flexibility index (Phi) is 2.20. The quantitative estimate of drug-likeness (QED) is 0.728. The predicted octanol–water partition coefficient (Wildman–Crippen LogP) is 3.48. The van der Waals surface area contributed by atoms with Crippen molar-refractivity contribution in [1.29, 1.82) is 0 Å². The Morgan fingerprint density at radius 2 is 2.00 bits per heavy atom. The van der Waals surface area contributed by atoms with Crippen LogP contribution in [0, 0.1) is 13.8 Å². The molecule has 0 aromatic carbocycles. The molecule has 0 spiro atoms. The molecule has 0 saturated carbocycles. The van der Waals surface area contributed by atoms with Gasteiger partial charge >= 0.3 is 0 Å². The van der Waals surface area contributed by atoms with Crippen LogP contribution in [0.15, 0.2) is 21.3 Å². The second-order valence-electron chi connectivity index (χ2n) is 3.05. The van der Waals surface area contributed by atoms with Gasteiger partial charge in [0.1, 0.15) is 4.60 Å². The minimum Gasteiger partial charge on any atom is -0.293 e. The number of imidazole rings is 1. The highest BCUT2D eigenvalue weighted by molar-refractivity contribution is 9.11. The summed E-state index contributed by atoms with van der Waals surface area (Å²) in [6.07, 6.45) is 2.06. The first-order valence-corrected chi connectivity index (χ1v) is 5.48. The van der Waals surface area contributed by atoms with E-state index in [1.165, 1.54) is 5.56 Å². The number of aromatic nitrogens is 2. The largest absolute Gasteiger partial charge is 0.293 e. The van der Waals surface area contributed by atoms with E-state index in [4.69, 9.17) is 0 Å². The van der Waals surface area contributed by atoms with E-state index in [0.717, 1.165) is 20.4 Å². The summed E-state index contributed by atoms with van der Waals surface area (Å²) >= 11 is 6.99. The Morgan fingerprint density at radius 3 is 2.69 bits per heavy atom. The molecule has 0 amide bonds. The van der Waals surface area contributed by atoms with Crippen LogP contribution in [-0.4, -0.2) is 9.38 Å². The fraction of sp³-hybridized carbons (Fsp3) is 0.222. The van der Waals surface area contributed by atoms with Crippen molar-refractivity contribution < 1.29 is 0 Å². The first-order chi connectivity index (χ1) is 6.09. The van der Waals surface area contributed by atoms with Crippen molar-refractivity contribution in [3.05, 3.63) is 32.6 Å². The first-order valence-electron chi connectivity index (χ1n) is 3.90. The number of hydrogen-bond acceptors (Lipinski definition) is 1. The maximum absolute atomic E-state index is 4.42. The molecule has 0 unspecified atom stereocenters. The zero-order valence-corrected chi connectivity index (χ0v) is 10.5. The van der Waals surface area contributed by atoms with Crippen LogP contribution in [0.2, 0.25) is 0 Å². The molecule has 2 nitrogen and oxygen atoms in total. The van der Waals surface area contributed by atoms with Gasteiger partial charge in [-0.15, -0.1) is 0 Å². The van der Waals surface area contributed by atoms with E-state index in [-0.39, 0.29) is 0 Å². The SMILES string of the molecule is Cc1cc(Br)c2nc(C)c(Br)n2c1. The summed E-state index contributed by atoms with van der Waals surface area (Å²) in [5.41, 5.74) is 3.17. The molecule has 0 aliphatic carbocycles. The van der Waals surface area contributed by atoms with Crippen molar-refractivity contribution in [2.75, 3.05) is 0 Å². The lowest BCUT2D eigenvalue weighted by molar-refractivity contribution is 1.11. The highest BCUT2D eigenvalue weighted by atomic mass is 79.9. The van der Waals surface area contributed by atoms with Crippen molar-refractivity contribution in [3.63, 3.8) is 0 Å². The molecule has 0 atom stereocenters. The number of pyridine rings is 1. The van der Waals surface area contributed by atoms with E-state index in [2.05, 4.69) is 56.0 Å². The van der Waals surface area contributed by atoms with Crippen molar-refractivity contribution in [3.8, 4) is 0 Å². The molecule has 0 bridgehead atoms. The topological polar surface area (TPSA) is 17.3 Å². The van der Waals surface area contributed by atoms with Crippen LogP contribution in [0.3, 0.4) is 0 Å². The molecule has 2 aromatic rings. The van der Waals surface area contributed by atoms with Crippen LogP contribution in [-0.2, 0) is 0 Å². The van der Waals surface area contributed by atoms with E-state index < -0.39 is 0 Å². The minimum atomic E-state index is 0.954. The lowest BCUT2D eigenvalue weighted by Gasteiger charge is -1.99. The molecule has 0 N–H and O–H groups in total. The van der Waals surface area contributed by atoms with Crippen molar-refractivity contribution >= 4 is 37.5 Å². The van der Waals surface area contributed by atoms with E-state index in [1.54, 1.807) is 0 Å². The van der Waals surface area contributed by atoms with Gasteiger partial charge in [0.2, 0.25) is 0 Å². The molecule has 0 saturated heterocycles. The second-order valence-corrected chi connectivity index (χ2v) is 4.65. The molecule has 4 heteroatoms. The Bertz CT molecular complexity index is 474. The summed E-state index contributed by atoms with van der Waals surface area (Å²) in [6, 6.07) is 2.06. The van der Waals surface area contributed by atoms with Gasteiger partial charge < -0.3 is 0 Å². The summed E-state index contributed by atoms with van der Waals surface area (Å²) in [4.78, 5) is 4.42. The third-order valence-corrected chi connectivity index (χ3v) is 3.45. The van der Waals surface area contributed by atoms with Crippen LogP contribution in [0.25, 0.3) is 5.65 Å². The van der Waals surface area contributed by atoms with Crippen molar-refractivity contribution in [2.24, 2.45) is 0 Å². The van der Waals surface area contributed by atoms with Gasteiger partial charge in [0.25, 0.3) is 0 Å². The Labute approximate surface area is 93.2 Å². The highest BCUT2D eigenvalue weighted by Crippen LogP contribution is 2.24. The molecule has 2 heterocycles. The molecular weight excluding hydrogens is 296 g/mol. The molecule has 0 aliphatic heterocycles. The molecule has 0 radical (unpaired) electrons. The number of nitrogens with zero attached hydrogens (tertiary/aromatic N) is 2. The third kappa shape index (κ3) is 1.42. The van der Waals surface area contributed by atoms with E-state index in [0.29, 0.717) is 0 Å². The zero-order valence-electron chi connectivity index (χ0n) is 7.31. The maximum Gasteiger partial charge on any atom is 0.152 e. The van der Waals surface area contributed by atoms with Gasteiger partial charge in [-0.2, -0.15) is 0 Å². The Morgan fingerprint density at radius 1 is 1.31 bits per heavy atom. The Balaban J connectivity index is 2.94. The molecule has 2 rings (SSSR count). The van der Waals surface area contributed by atoms with Crippen LogP contribution >= 0.6 is 31.9 Å². The second kappa shape index (κ2) is 3.10. The average molecular weight is 304 g/mol. The highest BCUT2D eigenvalue weighted by Gasteiger charge is 2.08. The van der Waals surface area contributed by atoms with E-state index in [9.17, 15) is 0 Å². The number of halogens is 2. The standard InChI is InChI=1S/C9H8Br2N2/c1-5-3-7(10)9-12-6(2)8(11)13(9)4-5/h3-4H,1-2H3. The normalized spacial score (nSPS) is 11.1. The molecule has 0 fully saturated rings. The van der Waals surface area contributed by atoms with Gasteiger partial charge in [-0.3, -0.25) is 4.40 Å². The summed E-state index contributed by atoms with van der Waals surface area (Å²) in [5, 5.41) is 0. The molecular formula is C9H8Br2N2. The van der Waals surface area contributed by atoms with E-state index in [1.807, 2.05) is 11.3 Å². The lowest BCUT2D eigenvalue weighted by atomic mass is 10.3. The smallest absolute Gasteiger partial charge is 0.152 e. The number of aryl methyl sites for hydroxylation is 2. The summed E-state index contributed by atoms with van der Waals surface area (Å²) in [6.45, 7) is 4.05. The molecule has 68 valence electrons. The van der Waals surface area contributed by atoms with Gasteiger partial charge in [-0.1, -0.05) is 0 Å². The van der Waals surface area contributed by atoms with Gasteiger partial charge in [0.15, 0.2) is 5.65 Å². The van der Waals surface area contributed by atoms with Crippen molar-refractivity contribution in [2.45, 2.75) is 13.8 Å². The maximum atomic E-state index is 4.42. The van der Waals surface area contributed by atoms with E-state index >= 15 is 0 Å². The lowest BCUT2D eigenvalue weighted by Crippen LogP contribution is -1.87. The average Bonchev–Trinajstić information content (AvgIpc) is 2.32. The van der Waals surface area contributed by atoms with Gasteiger partial charge in [-0.25, -0.2) is 4.98 Å². The van der Waals surface area contributed by atoms with Gasteiger partial charge in [0, 0.05) is 6.20 Å². The summed E-state index contributed by atoms with van der Waals surface area (Å²) in [7, 11) is 0. The summed E-state index contributed by atoms with van der Waals surface area (Å²) in [5.74, 6) is 0. The zero-order chi connectivity index (χ0) is 9.59. The Hall–Kier alpha value is -0.350.